The maximum absolute atomic E-state index is 11.6. The second-order valence-corrected chi connectivity index (χ2v) is 5.10. The van der Waals surface area contributed by atoms with Crippen molar-refractivity contribution in [2.75, 3.05) is 11.9 Å². The minimum Gasteiger partial charge on any atom is -0.461 e. The Bertz CT molecular complexity index is 672. The fourth-order valence-corrected chi connectivity index (χ4v) is 2.21. The van der Waals surface area contributed by atoms with Gasteiger partial charge in [0.25, 0.3) is 0 Å². The molecule has 2 aromatic rings. The van der Waals surface area contributed by atoms with E-state index >= 15 is 0 Å². The van der Waals surface area contributed by atoms with Gasteiger partial charge in [-0.1, -0.05) is 22.2 Å². The van der Waals surface area contributed by atoms with Crippen LogP contribution in [0.4, 0.5) is 10.7 Å². The van der Waals surface area contributed by atoms with E-state index in [4.69, 9.17) is 16.3 Å². The number of benzene rings is 1. The van der Waals surface area contributed by atoms with Gasteiger partial charge in [0.15, 0.2) is 5.00 Å². The Hall–Kier alpha value is -1.99. The number of hydrogen-bond acceptors (Lipinski definition) is 6. The molecule has 0 radical (unpaired) electrons. The highest BCUT2D eigenvalue weighted by Crippen LogP contribution is 2.24. The number of hydrogen-bond donors (Lipinski definition) is 1. The van der Waals surface area contributed by atoms with Crippen LogP contribution in [0.2, 0.25) is 5.02 Å². The monoisotopic (exact) mass is 324 g/mol. The number of anilines is 1. The first-order chi connectivity index (χ1) is 10.1. The summed E-state index contributed by atoms with van der Waals surface area (Å²) in [7, 11) is 0. The van der Waals surface area contributed by atoms with Gasteiger partial charge in [0.2, 0.25) is 5.69 Å². The molecule has 0 saturated carbocycles. The first-order valence-corrected chi connectivity index (χ1v) is 7.32. The fourth-order valence-electron chi connectivity index (χ4n) is 1.52. The van der Waals surface area contributed by atoms with E-state index in [1.807, 2.05) is 25.1 Å². The van der Waals surface area contributed by atoms with Crippen LogP contribution in [0.15, 0.2) is 23.2 Å². The van der Waals surface area contributed by atoms with Crippen molar-refractivity contribution in [3.63, 3.8) is 0 Å². The van der Waals surface area contributed by atoms with Gasteiger partial charge in [0.05, 0.1) is 12.9 Å². The SMILES string of the molecule is CCOC(=O)c1nnsc1/N=C/Nc1cccc(Cl)c1C. The van der Waals surface area contributed by atoms with Crippen molar-refractivity contribution in [2.45, 2.75) is 13.8 Å². The summed E-state index contributed by atoms with van der Waals surface area (Å²) in [5, 5.41) is 7.79. The molecule has 1 heterocycles. The molecule has 0 amide bonds. The Balaban J connectivity index is 2.10. The number of esters is 1. The number of ether oxygens (including phenoxy) is 1. The summed E-state index contributed by atoms with van der Waals surface area (Å²) in [6.07, 6.45) is 1.47. The average Bonchev–Trinajstić information content (AvgIpc) is 2.92. The van der Waals surface area contributed by atoms with E-state index < -0.39 is 5.97 Å². The highest BCUT2D eigenvalue weighted by molar-refractivity contribution is 7.10. The maximum Gasteiger partial charge on any atom is 0.362 e. The molecule has 0 fully saturated rings. The molecule has 0 aliphatic rings. The summed E-state index contributed by atoms with van der Waals surface area (Å²) in [6, 6.07) is 5.53. The van der Waals surface area contributed by atoms with Gasteiger partial charge in [-0.2, -0.15) is 0 Å². The van der Waals surface area contributed by atoms with Gasteiger partial charge >= 0.3 is 5.97 Å². The number of nitrogens with one attached hydrogen (secondary N) is 1. The molecule has 21 heavy (non-hydrogen) atoms. The molecule has 0 atom stereocenters. The molecule has 1 N–H and O–H groups in total. The molecular formula is C13H13ClN4O2S. The highest BCUT2D eigenvalue weighted by Gasteiger charge is 2.16. The van der Waals surface area contributed by atoms with E-state index in [9.17, 15) is 4.79 Å². The van der Waals surface area contributed by atoms with Crippen molar-refractivity contribution in [1.29, 1.82) is 0 Å². The third-order valence-electron chi connectivity index (χ3n) is 2.61. The van der Waals surface area contributed by atoms with Crippen LogP contribution in [-0.2, 0) is 4.74 Å². The zero-order valence-corrected chi connectivity index (χ0v) is 13.0. The first kappa shape index (κ1) is 15.4. The molecule has 110 valence electrons. The Morgan fingerprint density at radius 1 is 1.57 bits per heavy atom. The van der Waals surface area contributed by atoms with Crippen LogP contribution in [0, 0.1) is 6.92 Å². The summed E-state index contributed by atoms with van der Waals surface area (Å²) in [6.45, 7) is 3.90. The van der Waals surface area contributed by atoms with Gasteiger partial charge in [-0.05, 0) is 31.5 Å². The first-order valence-electron chi connectivity index (χ1n) is 6.17. The fraction of sp³-hybridized carbons (Fsp3) is 0.231. The van der Waals surface area contributed by atoms with Crippen molar-refractivity contribution >= 4 is 46.1 Å². The molecule has 0 aliphatic heterocycles. The molecule has 1 aromatic heterocycles. The van der Waals surface area contributed by atoms with E-state index in [-0.39, 0.29) is 12.3 Å². The molecule has 0 saturated heterocycles. The molecule has 0 unspecified atom stereocenters. The van der Waals surface area contributed by atoms with Crippen molar-refractivity contribution in [3.8, 4) is 0 Å². The van der Waals surface area contributed by atoms with Gasteiger partial charge in [-0.3, -0.25) is 0 Å². The van der Waals surface area contributed by atoms with E-state index in [0.29, 0.717) is 10.0 Å². The minimum absolute atomic E-state index is 0.114. The van der Waals surface area contributed by atoms with Crippen LogP contribution in [0.1, 0.15) is 23.0 Å². The molecule has 0 bridgehead atoms. The lowest BCUT2D eigenvalue weighted by Crippen LogP contribution is -2.05. The van der Waals surface area contributed by atoms with Crippen molar-refractivity contribution in [2.24, 2.45) is 4.99 Å². The lowest BCUT2D eigenvalue weighted by Gasteiger charge is -2.05. The smallest absolute Gasteiger partial charge is 0.362 e. The van der Waals surface area contributed by atoms with Crippen LogP contribution in [0.5, 0.6) is 0 Å². The van der Waals surface area contributed by atoms with Gasteiger partial charge < -0.3 is 10.1 Å². The number of aromatic nitrogens is 2. The number of nitrogens with zero attached hydrogens (tertiary/aromatic N) is 3. The number of aliphatic imine (C=N–C) groups is 1. The summed E-state index contributed by atoms with van der Waals surface area (Å²) >= 11 is 7.05. The van der Waals surface area contributed by atoms with Crippen LogP contribution in [-0.4, -0.2) is 28.5 Å². The van der Waals surface area contributed by atoms with Crippen LogP contribution < -0.4 is 5.32 Å². The van der Waals surface area contributed by atoms with Crippen LogP contribution in [0.25, 0.3) is 0 Å². The van der Waals surface area contributed by atoms with Crippen LogP contribution in [0.3, 0.4) is 0 Å². The van der Waals surface area contributed by atoms with Crippen molar-refractivity contribution in [3.05, 3.63) is 34.5 Å². The second kappa shape index (κ2) is 7.14. The molecule has 8 heteroatoms. The highest BCUT2D eigenvalue weighted by atomic mass is 35.5. The lowest BCUT2D eigenvalue weighted by molar-refractivity contribution is 0.0520. The Labute approximate surface area is 131 Å². The van der Waals surface area contributed by atoms with Gasteiger partial charge in [0, 0.05) is 22.2 Å². The van der Waals surface area contributed by atoms with Gasteiger partial charge in [-0.25, -0.2) is 9.79 Å². The minimum atomic E-state index is -0.530. The largest absolute Gasteiger partial charge is 0.461 e. The summed E-state index contributed by atoms with van der Waals surface area (Å²) in [5.41, 5.74) is 1.86. The molecule has 0 aliphatic carbocycles. The topological polar surface area (TPSA) is 76.5 Å². The third kappa shape index (κ3) is 3.77. The van der Waals surface area contributed by atoms with E-state index in [0.717, 1.165) is 22.8 Å². The number of rotatable bonds is 5. The number of carbonyl (C=O) groups is 1. The average molecular weight is 325 g/mol. The third-order valence-corrected chi connectivity index (χ3v) is 3.65. The zero-order chi connectivity index (χ0) is 15.2. The normalized spacial score (nSPS) is 10.8. The van der Waals surface area contributed by atoms with Crippen molar-refractivity contribution < 1.29 is 9.53 Å². The van der Waals surface area contributed by atoms with Gasteiger partial charge in [0.1, 0.15) is 0 Å². The second-order valence-electron chi connectivity index (χ2n) is 3.96. The Morgan fingerprint density at radius 2 is 2.38 bits per heavy atom. The van der Waals surface area contributed by atoms with Gasteiger partial charge in [-0.15, -0.1) is 5.10 Å². The van der Waals surface area contributed by atoms with E-state index in [1.165, 1.54) is 6.34 Å². The standard InChI is InChI=1S/C13H13ClN4O2S/c1-3-20-13(19)11-12(21-18-17-11)16-7-15-10-6-4-5-9(14)8(10)2/h4-7H,3H2,1-2H3,(H,15,16). The zero-order valence-electron chi connectivity index (χ0n) is 11.5. The van der Waals surface area contributed by atoms with Crippen molar-refractivity contribution in [1.82, 2.24) is 9.59 Å². The summed E-state index contributed by atoms with van der Waals surface area (Å²) in [4.78, 5) is 15.8. The summed E-state index contributed by atoms with van der Waals surface area (Å²) in [5.74, 6) is -0.530. The maximum atomic E-state index is 11.6. The van der Waals surface area contributed by atoms with Crippen LogP contribution >= 0.6 is 23.1 Å². The molecule has 6 nitrogen and oxygen atoms in total. The molecule has 0 spiro atoms. The predicted octanol–water partition coefficient (Wildman–Crippen LogP) is 3.45. The summed E-state index contributed by atoms with van der Waals surface area (Å²) < 4.78 is 8.59. The molecular weight excluding hydrogens is 312 g/mol. The van der Waals surface area contributed by atoms with E-state index in [1.54, 1.807) is 6.92 Å². The van der Waals surface area contributed by atoms with E-state index in [2.05, 4.69) is 19.9 Å². The predicted molar refractivity (Wildman–Crippen MR) is 83.8 cm³/mol. The Morgan fingerprint density at radius 3 is 3.14 bits per heavy atom. The Kier molecular flexibility index (Phi) is 5.24. The lowest BCUT2D eigenvalue weighted by atomic mass is 10.2. The quantitative estimate of drug-likeness (QED) is 0.518. The number of carbonyl (C=O) groups excluding carboxylic acids is 1. The molecule has 2 rings (SSSR count). The molecule has 1 aromatic carbocycles. The number of halogens is 1.